The average Bonchev–Trinajstić information content (AvgIpc) is 3.35. The van der Waals surface area contributed by atoms with Gasteiger partial charge in [0, 0.05) is 24.1 Å². The number of ether oxygens (including phenoxy) is 3. The number of thiophene rings is 1. The van der Waals surface area contributed by atoms with Crippen molar-refractivity contribution >= 4 is 27.4 Å². The van der Waals surface area contributed by atoms with E-state index in [9.17, 15) is 0 Å². The second kappa shape index (κ2) is 7.70. The molecule has 0 radical (unpaired) electrons. The van der Waals surface area contributed by atoms with Crippen molar-refractivity contribution in [2.45, 2.75) is 25.9 Å². The molecule has 0 saturated carbocycles. The summed E-state index contributed by atoms with van der Waals surface area (Å²) in [5.41, 5.74) is 2.14. The molecule has 1 aromatic carbocycles. The van der Waals surface area contributed by atoms with E-state index in [1.165, 1.54) is 0 Å². The van der Waals surface area contributed by atoms with E-state index in [-0.39, 0.29) is 6.10 Å². The van der Waals surface area contributed by atoms with Crippen LogP contribution in [-0.4, -0.2) is 43.4 Å². The van der Waals surface area contributed by atoms with Crippen molar-refractivity contribution in [3.8, 4) is 22.6 Å². The number of hydrogen-bond acceptors (Lipinski definition) is 7. The van der Waals surface area contributed by atoms with Crippen molar-refractivity contribution in [2.24, 2.45) is 0 Å². The number of aryl methyl sites for hydroxylation is 1. The van der Waals surface area contributed by atoms with Crippen LogP contribution in [0.5, 0.6) is 11.5 Å². The topological polar surface area (TPSA) is 65.5 Å². The van der Waals surface area contributed by atoms with Crippen molar-refractivity contribution in [2.75, 3.05) is 32.7 Å². The number of anilines is 1. The van der Waals surface area contributed by atoms with Crippen LogP contribution in [-0.2, 0) is 4.74 Å². The van der Waals surface area contributed by atoms with E-state index in [2.05, 4.69) is 20.7 Å². The third-order valence-electron chi connectivity index (χ3n) is 4.76. The molecule has 1 atom stereocenters. The number of nitrogens with one attached hydrogen (secondary N) is 1. The minimum absolute atomic E-state index is 0.249. The maximum atomic E-state index is 5.74. The average molecular weight is 385 g/mol. The largest absolute Gasteiger partial charge is 0.493 e. The molecule has 1 saturated heterocycles. The Balaban J connectivity index is 1.75. The van der Waals surface area contributed by atoms with Crippen LogP contribution in [0.25, 0.3) is 21.3 Å². The van der Waals surface area contributed by atoms with Crippen LogP contribution in [0.3, 0.4) is 0 Å². The lowest BCUT2D eigenvalue weighted by Crippen LogP contribution is -2.19. The Morgan fingerprint density at radius 1 is 1.22 bits per heavy atom. The number of rotatable bonds is 6. The van der Waals surface area contributed by atoms with Gasteiger partial charge >= 0.3 is 0 Å². The van der Waals surface area contributed by atoms with Crippen LogP contribution < -0.4 is 14.8 Å². The number of hydrogen-bond donors (Lipinski definition) is 1. The standard InChI is InChI=1S/C20H23N3O3S/c1-12-22-19(21-10-14-5-4-8-26-14)18-15(11-27-20(18)23-12)13-6-7-16(24-2)17(9-13)25-3/h6-7,9,11,14H,4-5,8,10H2,1-3H3,(H,21,22,23). The first kappa shape index (κ1) is 18.0. The highest BCUT2D eigenvalue weighted by Crippen LogP contribution is 2.40. The number of nitrogens with zero attached hydrogens (tertiary/aromatic N) is 2. The highest BCUT2D eigenvalue weighted by molar-refractivity contribution is 7.17. The predicted molar refractivity (Wildman–Crippen MR) is 108 cm³/mol. The normalized spacial score (nSPS) is 16.6. The molecule has 0 bridgehead atoms. The monoisotopic (exact) mass is 385 g/mol. The minimum Gasteiger partial charge on any atom is -0.493 e. The van der Waals surface area contributed by atoms with Gasteiger partial charge < -0.3 is 19.5 Å². The van der Waals surface area contributed by atoms with Crippen molar-refractivity contribution in [1.82, 2.24) is 9.97 Å². The van der Waals surface area contributed by atoms with E-state index in [1.54, 1.807) is 25.6 Å². The summed E-state index contributed by atoms with van der Waals surface area (Å²) in [4.78, 5) is 10.3. The second-order valence-corrected chi connectivity index (χ2v) is 7.39. The summed E-state index contributed by atoms with van der Waals surface area (Å²) in [6.07, 6.45) is 2.46. The SMILES string of the molecule is COc1ccc(-c2csc3nc(C)nc(NCC4CCCO4)c23)cc1OC. The van der Waals surface area contributed by atoms with Crippen LogP contribution in [0.1, 0.15) is 18.7 Å². The van der Waals surface area contributed by atoms with Crippen LogP contribution in [0, 0.1) is 6.92 Å². The number of benzene rings is 1. The van der Waals surface area contributed by atoms with Crippen molar-refractivity contribution in [3.63, 3.8) is 0 Å². The van der Waals surface area contributed by atoms with E-state index >= 15 is 0 Å². The Kier molecular flexibility index (Phi) is 5.13. The summed E-state index contributed by atoms with van der Waals surface area (Å²) >= 11 is 1.62. The molecule has 3 heterocycles. The first-order valence-corrected chi connectivity index (χ1v) is 9.91. The van der Waals surface area contributed by atoms with Crippen molar-refractivity contribution in [3.05, 3.63) is 29.4 Å². The van der Waals surface area contributed by atoms with Gasteiger partial charge in [0.05, 0.1) is 25.7 Å². The molecule has 1 fully saturated rings. The predicted octanol–water partition coefficient (Wildman–Crippen LogP) is 4.27. The lowest BCUT2D eigenvalue weighted by molar-refractivity contribution is 0.120. The summed E-state index contributed by atoms with van der Waals surface area (Å²) in [7, 11) is 3.29. The molecule has 142 valence electrons. The summed E-state index contributed by atoms with van der Waals surface area (Å²) < 4.78 is 16.6. The summed E-state index contributed by atoms with van der Waals surface area (Å²) in [5.74, 6) is 3.04. The van der Waals surface area contributed by atoms with Crippen LogP contribution in [0.2, 0.25) is 0 Å². The molecule has 0 spiro atoms. The molecule has 0 amide bonds. The molecule has 4 rings (SSSR count). The van der Waals surface area contributed by atoms with E-state index in [4.69, 9.17) is 14.2 Å². The zero-order valence-corrected chi connectivity index (χ0v) is 16.6. The molecule has 1 N–H and O–H groups in total. The molecular weight excluding hydrogens is 362 g/mol. The van der Waals surface area contributed by atoms with Gasteiger partial charge in [-0.15, -0.1) is 11.3 Å². The van der Waals surface area contributed by atoms with Crippen LogP contribution in [0.4, 0.5) is 5.82 Å². The highest BCUT2D eigenvalue weighted by Gasteiger charge is 2.19. The molecule has 7 heteroatoms. The fourth-order valence-corrected chi connectivity index (χ4v) is 4.40. The molecule has 0 aliphatic carbocycles. The van der Waals surface area contributed by atoms with Gasteiger partial charge in [-0.3, -0.25) is 0 Å². The van der Waals surface area contributed by atoms with E-state index in [0.29, 0.717) is 11.5 Å². The van der Waals surface area contributed by atoms with Gasteiger partial charge in [0.15, 0.2) is 11.5 Å². The third kappa shape index (κ3) is 3.57. The number of fused-ring (bicyclic) bond motifs is 1. The van der Waals surface area contributed by atoms with Crippen molar-refractivity contribution in [1.29, 1.82) is 0 Å². The van der Waals surface area contributed by atoms with Gasteiger partial charge in [-0.2, -0.15) is 0 Å². The van der Waals surface area contributed by atoms with Crippen LogP contribution >= 0.6 is 11.3 Å². The first-order chi connectivity index (χ1) is 13.2. The fourth-order valence-electron chi connectivity index (χ4n) is 3.41. The van der Waals surface area contributed by atoms with Gasteiger partial charge in [-0.1, -0.05) is 6.07 Å². The van der Waals surface area contributed by atoms with Gasteiger partial charge in [-0.05, 0) is 37.5 Å². The lowest BCUT2D eigenvalue weighted by Gasteiger charge is -2.14. The molecular formula is C20H23N3O3S. The molecule has 2 aromatic heterocycles. The molecule has 27 heavy (non-hydrogen) atoms. The van der Waals surface area contributed by atoms with Crippen molar-refractivity contribution < 1.29 is 14.2 Å². The van der Waals surface area contributed by atoms with Crippen LogP contribution in [0.15, 0.2) is 23.6 Å². The number of aromatic nitrogens is 2. The summed E-state index contributed by atoms with van der Waals surface area (Å²) in [6, 6.07) is 5.95. The maximum Gasteiger partial charge on any atom is 0.161 e. The van der Waals surface area contributed by atoms with Gasteiger partial charge in [0.1, 0.15) is 16.5 Å². The lowest BCUT2D eigenvalue weighted by atomic mass is 10.1. The quantitative estimate of drug-likeness (QED) is 0.683. The zero-order valence-electron chi connectivity index (χ0n) is 15.7. The highest BCUT2D eigenvalue weighted by atomic mass is 32.1. The second-order valence-electron chi connectivity index (χ2n) is 6.53. The molecule has 1 aliphatic heterocycles. The smallest absolute Gasteiger partial charge is 0.161 e. The summed E-state index contributed by atoms with van der Waals surface area (Å²) in [5, 5.41) is 6.65. The van der Waals surface area contributed by atoms with Gasteiger partial charge in [0.25, 0.3) is 0 Å². The van der Waals surface area contributed by atoms with E-state index in [1.807, 2.05) is 25.1 Å². The number of methoxy groups -OCH3 is 2. The molecule has 6 nitrogen and oxygen atoms in total. The van der Waals surface area contributed by atoms with E-state index < -0.39 is 0 Å². The Bertz CT molecular complexity index is 951. The first-order valence-electron chi connectivity index (χ1n) is 9.03. The fraction of sp³-hybridized carbons (Fsp3) is 0.400. The molecule has 1 unspecified atom stereocenters. The zero-order chi connectivity index (χ0) is 18.8. The van der Waals surface area contributed by atoms with E-state index in [0.717, 1.165) is 59.0 Å². The molecule has 3 aromatic rings. The Hall–Kier alpha value is -2.38. The minimum atomic E-state index is 0.249. The summed E-state index contributed by atoms with van der Waals surface area (Å²) in [6.45, 7) is 3.53. The third-order valence-corrected chi connectivity index (χ3v) is 5.63. The van der Waals surface area contributed by atoms with Gasteiger partial charge in [0.2, 0.25) is 0 Å². The Morgan fingerprint density at radius 2 is 2.07 bits per heavy atom. The maximum absolute atomic E-state index is 5.74. The van der Waals surface area contributed by atoms with Gasteiger partial charge in [-0.25, -0.2) is 9.97 Å². The molecule has 1 aliphatic rings. The Labute approximate surface area is 162 Å². The Morgan fingerprint density at radius 3 is 2.81 bits per heavy atom.